The third-order valence-electron chi connectivity index (χ3n) is 11.5. The zero-order valence-electron chi connectivity index (χ0n) is 47.0. The number of hydrogen-bond donors (Lipinski definition) is 0. The quantitative estimate of drug-likeness (QED) is 0.0261. The van der Waals surface area contributed by atoms with Gasteiger partial charge in [0.15, 0.2) is 6.10 Å². The van der Waals surface area contributed by atoms with E-state index in [1.807, 2.05) is 6.08 Å². The molecular formula is C68H104O6. The molecule has 6 nitrogen and oxygen atoms in total. The molecule has 1 unspecified atom stereocenters. The summed E-state index contributed by atoms with van der Waals surface area (Å²) in [6.07, 6.45) is 89.7. The van der Waals surface area contributed by atoms with Crippen LogP contribution in [-0.2, 0) is 28.6 Å². The molecule has 0 amide bonds. The van der Waals surface area contributed by atoms with Crippen LogP contribution in [-0.4, -0.2) is 37.2 Å². The number of hydrogen-bond acceptors (Lipinski definition) is 6. The Kier molecular flexibility index (Phi) is 56.1. The Bertz CT molecular complexity index is 1740. The Morgan fingerprint density at radius 1 is 0.297 bits per heavy atom. The van der Waals surface area contributed by atoms with Crippen molar-refractivity contribution in [2.45, 2.75) is 226 Å². The minimum atomic E-state index is -0.846. The van der Waals surface area contributed by atoms with E-state index in [9.17, 15) is 14.4 Å². The van der Waals surface area contributed by atoms with Gasteiger partial charge in [0.2, 0.25) is 0 Å². The molecule has 0 aliphatic rings. The van der Waals surface area contributed by atoms with E-state index < -0.39 is 12.1 Å². The first-order valence-electron chi connectivity index (χ1n) is 29.1. The van der Waals surface area contributed by atoms with Crippen LogP contribution < -0.4 is 0 Å². The van der Waals surface area contributed by atoms with E-state index in [2.05, 4.69) is 179 Å². The molecule has 0 aliphatic heterocycles. The van der Waals surface area contributed by atoms with Crippen molar-refractivity contribution in [3.05, 3.63) is 170 Å². The maximum Gasteiger partial charge on any atom is 0.310 e. The number of rotatable bonds is 50. The molecule has 1 atom stereocenters. The predicted octanol–water partition coefficient (Wildman–Crippen LogP) is 19.9. The van der Waals surface area contributed by atoms with Gasteiger partial charge in [-0.1, -0.05) is 255 Å². The number of ether oxygens (including phenoxy) is 3. The molecule has 74 heavy (non-hydrogen) atoms. The number of carbonyl (C=O) groups is 3. The fourth-order valence-corrected chi connectivity index (χ4v) is 7.21. The van der Waals surface area contributed by atoms with Crippen molar-refractivity contribution in [2.24, 2.45) is 0 Å². The third kappa shape index (κ3) is 57.7. The summed E-state index contributed by atoms with van der Waals surface area (Å²) in [6.45, 7) is 6.25. The lowest BCUT2D eigenvalue weighted by Gasteiger charge is -2.18. The van der Waals surface area contributed by atoms with Gasteiger partial charge in [-0.2, -0.15) is 0 Å². The second-order valence-corrected chi connectivity index (χ2v) is 18.5. The standard InChI is InChI=1S/C68H104O6/c1-4-7-10-13-16-19-21-23-25-26-27-28-29-30-31-32-33-34-35-36-37-38-39-40-41-42-44-45-47-49-52-55-58-61-67(70)73-64-65(63-72-66(69)60-57-54-51-18-15-12-9-6-3)74-68(71)62-59-56-53-50-48-46-43-24-22-20-17-14-11-8-5-2/h7-8,10-11,16-17,19-20,23-25,27-28,30-31,33-34,36-37,39-40,42-44,48,50,56,59,65H,4-6,9,12-15,18,21-22,26,29,32,35,38,41,45-47,49,51-55,57-58,60-64H2,1-3H3/b10-7-,11-8-,19-16-,20-17-,25-23-,28-27-,31-30-,34-33-,37-36-,40-39-,43-24-,44-42-,50-48-,59-56-. The smallest absolute Gasteiger partial charge is 0.310 e. The Morgan fingerprint density at radius 2 is 0.568 bits per heavy atom. The summed E-state index contributed by atoms with van der Waals surface area (Å²) in [5.41, 5.74) is 0. The van der Waals surface area contributed by atoms with Gasteiger partial charge in [0.25, 0.3) is 0 Å². The van der Waals surface area contributed by atoms with E-state index in [-0.39, 0.29) is 31.6 Å². The zero-order chi connectivity index (χ0) is 53.6. The van der Waals surface area contributed by atoms with Crippen LogP contribution in [0.15, 0.2) is 170 Å². The Hall–Kier alpha value is -5.23. The SMILES string of the molecule is CC/C=C\C/C=C\C/C=C\C/C=C\C/C=C\C/C=C\C/C=C\C/C=C\C/C=C\CCCCCCCC(=O)OCC(COC(=O)CCCCCCCCCC)OC(=O)C/C=C\C/C=C\C/C=C\C/C=C\C/C=C\CC. The van der Waals surface area contributed by atoms with Gasteiger partial charge in [0, 0.05) is 12.8 Å². The lowest BCUT2D eigenvalue weighted by molar-refractivity contribution is -0.166. The van der Waals surface area contributed by atoms with Crippen LogP contribution in [0.4, 0.5) is 0 Å². The van der Waals surface area contributed by atoms with Gasteiger partial charge in [-0.25, -0.2) is 0 Å². The first kappa shape index (κ1) is 68.8. The number of allylic oxidation sites excluding steroid dienone is 27. The molecule has 0 saturated carbocycles. The second-order valence-electron chi connectivity index (χ2n) is 18.5. The predicted molar refractivity (Wildman–Crippen MR) is 320 cm³/mol. The fourth-order valence-electron chi connectivity index (χ4n) is 7.21. The minimum absolute atomic E-state index is 0.0855. The normalized spacial score (nSPS) is 13.4. The third-order valence-corrected chi connectivity index (χ3v) is 11.5. The van der Waals surface area contributed by atoms with Gasteiger partial charge >= 0.3 is 17.9 Å². The van der Waals surface area contributed by atoms with E-state index >= 15 is 0 Å². The van der Waals surface area contributed by atoms with Crippen LogP contribution in [0.2, 0.25) is 0 Å². The van der Waals surface area contributed by atoms with Gasteiger partial charge < -0.3 is 14.2 Å². The van der Waals surface area contributed by atoms with E-state index in [1.54, 1.807) is 6.08 Å². The monoisotopic (exact) mass is 1020 g/mol. The van der Waals surface area contributed by atoms with E-state index in [0.29, 0.717) is 19.3 Å². The molecule has 412 valence electrons. The van der Waals surface area contributed by atoms with Gasteiger partial charge in [0.05, 0.1) is 6.42 Å². The highest BCUT2D eigenvalue weighted by Crippen LogP contribution is 2.12. The van der Waals surface area contributed by atoms with Gasteiger partial charge in [0.1, 0.15) is 13.2 Å². The first-order chi connectivity index (χ1) is 36.5. The highest BCUT2D eigenvalue weighted by Gasteiger charge is 2.19. The van der Waals surface area contributed by atoms with Crippen molar-refractivity contribution in [3.8, 4) is 0 Å². The van der Waals surface area contributed by atoms with Crippen molar-refractivity contribution in [1.82, 2.24) is 0 Å². The average Bonchev–Trinajstić information content (AvgIpc) is 3.40. The van der Waals surface area contributed by atoms with Crippen LogP contribution >= 0.6 is 0 Å². The van der Waals surface area contributed by atoms with Crippen molar-refractivity contribution < 1.29 is 28.6 Å². The summed E-state index contributed by atoms with van der Waals surface area (Å²) in [5.74, 6) is -1.10. The molecule has 0 aromatic heterocycles. The average molecular weight is 1020 g/mol. The van der Waals surface area contributed by atoms with Crippen molar-refractivity contribution in [2.75, 3.05) is 13.2 Å². The summed E-state index contributed by atoms with van der Waals surface area (Å²) in [7, 11) is 0. The first-order valence-corrected chi connectivity index (χ1v) is 29.1. The molecule has 0 fully saturated rings. The molecule has 0 N–H and O–H groups in total. The van der Waals surface area contributed by atoms with Crippen LogP contribution in [0.5, 0.6) is 0 Å². The molecule has 0 saturated heterocycles. The number of unbranched alkanes of at least 4 members (excludes halogenated alkanes) is 12. The van der Waals surface area contributed by atoms with Crippen molar-refractivity contribution in [1.29, 1.82) is 0 Å². The van der Waals surface area contributed by atoms with Gasteiger partial charge in [-0.15, -0.1) is 0 Å². The maximum atomic E-state index is 12.7. The largest absolute Gasteiger partial charge is 0.462 e. The highest BCUT2D eigenvalue weighted by atomic mass is 16.6. The Morgan fingerprint density at radius 3 is 0.892 bits per heavy atom. The van der Waals surface area contributed by atoms with E-state index in [1.165, 1.54) is 32.1 Å². The van der Waals surface area contributed by atoms with Crippen LogP contribution in [0.25, 0.3) is 0 Å². The van der Waals surface area contributed by atoms with Crippen LogP contribution in [0.1, 0.15) is 220 Å². The molecule has 0 bridgehead atoms. The lowest BCUT2D eigenvalue weighted by Crippen LogP contribution is -2.30. The highest BCUT2D eigenvalue weighted by molar-refractivity contribution is 5.72. The van der Waals surface area contributed by atoms with Gasteiger partial charge in [-0.3, -0.25) is 14.4 Å². The molecule has 6 heteroatoms. The molecule has 0 spiro atoms. The molecule has 0 aromatic rings. The van der Waals surface area contributed by atoms with E-state index in [4.69, 9.17) is 14.2 Å². The Balaban J connectivity index is 4.31. The van der Waals surface area contributed by atoms with Gasteiger partial charge in [-0.05, 0) is 116 Å². The summed E-state index contributed by atoms with van der Waals surface area (Å²) in [4.78, 5) is 37.9. The van der Waals surface area contributed by atoms with Crippen LogP contribution in [0.3, 0.4) is 0 Å². The topological polar surface area (TPSA) is 78.9 Å². The summed E-state index contributed by atoms with van der Waals surface area (Å²) in [5, 5.41) is 0. The molecular weight excluding hydrogens is 913 g/mol. The maximum absolute atomic E-state index is 12.7. The molecule has 0 rings (SSSR count). The summed E-state index contributed by atoms with van der Waals surface area (Å²) in [6, 6.07) is 0. The minimum Gasteiger partial charge on any atom is -0.462 e. The molecule has 0 aliphatic carbocycles. The fraction of sp³-hybridized carbons (Fsp3) is 0.544. The molecule has 0 radical (unpaired) electrons. The van der Waals surface area contributed by atoms with Crippen LogP contribution in [0, 0.1) is 0 Å². The zero-order valence-corrected chi connectivity index (χ0v) is 47.0. The lowest BCUT2D eigenvalue weighted by atomic mass is 10.1. The van der Waals surface area contributed by atoms with Crippen molar-refractivity contribution >= 4 is 17.9 Å². The summed E-state index contributed by atoms with van der Waals surface area (Å²) >= 11 is 0. The molecule has 0 heterocycles. The summed E-state index contributed by atoms with van der Waals surface area (Å²) < 4.78 is 16.6. The van der Waals surface area contributed by atoms with E-state index in [0.717, 1.165) is 141 Å². The number of esters is 3. The molecule has 0 aromatic carbocycles. The Labute approximate surface area is 453 Å². The second kappa shape index (κ2) is 60.3. The number of carbonyl (C=O) groups excluding carboxylic acids is 3. The van der Waals surface area contributed by atoms with Crippen molar-refractivity contribution in [3.63, 3.8) is 0 Å².